The highest BCUT2D eigenvalue weighted by atomic mass is 35.5. The molecule has 2 heterocycles. The van der Waals surface area contributed by atoms with E-state index < -0.39 is 17.8 Å². The molecule has 1 aliphatic carbocycles. The van der Waals surface area contributed by atoms with Crippen LogP contribution in [0.4, 0.5) is 0 Å². The first-order valence-corrected chi connectivity index (χ1v) is 11.5. The van der Waals surface area contributed by atoms with Crippen LogP contribution in [0.5, 0.6) is 0 Å². The lowest BCUT2D eigenvalue weighted by Crippen LogP contribution is -2.40. The standard InChI is InChI=1S/C27H22ClNO5/c1-15-23(27(32)34-13-16-6-3-2-4-7-16)24(25-20(29-15)8-5-9-21(25)30)19-14-33-22-11-10-17(28)12-18(22)26(19)31/h2-4,6-7,10-12,14,24-25H,5,8-9,13H2,1H3. The summed E-state index contributed by atoms with van der Waals surface area (Å²) in [5.74, 6) is -2.17. The lowest BCUT2D eigenvalue weighted by molar-refractivity contribution is -0.140. The zero-order chi connectivity index (χ0) is 23.8. The van der Waals surface area contributed by atoms with Crippen molar-refractivity contribution < 1.29 is 18.7 Å². The zero-order valence-electron chi connectivity index (χ0n) is 18.5. The number of halogens is 1. The Balaban J connectivity index is 1.62. The van der Waals surface area contributed by atoms with Crippen molar-refractivity contribution in [1.82, 2.24) is 0 Å². The van der Waals surface area contributed by atoms with Gasteiger partial charge in [0.2, 0.25) is 0 Å². The van der Waals surface area contributed by atoms with Crippen molar-refractivity contribution in [3.8, 4) is 0 Å². The van der Waals surface area contributed by atoms with Crippen LogP contribution in [0.1, 0.15) is 43.2 Å². The normalized spacial score (nSPS) is 20.2. The predicted octanol–water partition coefficient (Wildman–Crippen LogP) is 5.37. The van der Waals surface area contributed by atoms with Gasteiger partial charge >= 0.3 is 5.97 Å². The second-order valence-corrected chi connectivity index (χ2v) is 9.04. The average Bonchev–Trinajstić information content (AvgIpc) is 2.83. The van der Waals surface area contributed by atoms with Crippen molar-refractivity contribution in [1.29, 1.82) is 0 Å². The molecule has 0 bridgehead atoms. The number of aliphatic imine (C=N–C) groups is 1. The van der Waals surface area contributed by atoms with Gasteiger partial charge in [0.05, 0.1) is 23.1 Å². The van der Waals surface area contributed by atoms with Gasteiger partial charge in [0, 0.05) is 34.3 Å². The van der Waals surface area contributed by atoms with Gasteiger partial charge in [-0.2, -0.15) is 0 Å². The van der Waals surface area contributed by atoms with E-state index in [2.05, 4.69) is 4.99 Å². The molecule has 172 valence electrons. The zero-order valence-corrected chi connectivity index (χ0v) is 19.3. The number of benzene rings is 2. The van der Waals surface area contributed by atoms with E-state index in [4.69, 9.17) is 20.8 Å². The van der Waals surface area contributed by atoms with Crippen molar-refractivity contribution in [2.75, 3.05) is 0 Å². The minimum Gasteiger partial charge on any atom is -0.464 e. The van der Waals surface area contributed by atoms with Crippen LogP contribution in [0.3, 0.4) is 0 Å². The Morgan fingerprint density at radius 1 is 1.12 bits per heavy atom. The second-order valence-electron chi connectivity index (χ2n) is 8.60. The summed E-state index contributed by atoms with van der Waals surface area (Å²) in [5.41, 5.74) is 2.49. The number of esters is 1. The van der Waals surface area contributed by atoms with Crippen LogP contribution in [-0.4, -0.2) is 17.5 Å². The predicted molar refractivity (Wildman–Crippen MR) is 129 cm³/mol. The second kappa shape index (κ2) is 9.03. The number of allylic oxidation sites excluding steroid dienone is 1. The molecular formula is C27H22ClNO5. The fourth-order valence-corrected chi connectivity index (χ4v) is 5.03. The summed E-state index contributed by atoms with van der Waals surface area (Å²) >= 11 is 6.13. The summed E-state index contributed by atoms with van der Waals surface area (Å²) in [4.78, 5) is 44.6. The van der Waals surface area contributed by atoms with Gasteiger partial charge in [0.15, 0.2) is 5.43 Å². The van der Waals surface area contributed by atoms with Crippen LogP contribution in [0, 0.1) is 5.92 Å². The summed E-state index contributed by atoms with van der Waals surface area (Å²) in [6.07, 6.45) is 3.06. The number of hydrogen-bond donors (Lipinski definition) is 0. The Labute approximate surface area is 200 Å². The lowest BCUT2D eigenvalue weighted by atomic mass is 9.69. The quantitative estimate of drug-likeness (QED) is 0.473. The molecule has 2 aliphatic rings. The van der Waals surface area contributed by atoms with Crippen LogP contribution in [0.15, 0.2) is 80.3 Å². The third kappa shape index (κ3) is 3.99. The van der Waals surface area contributed by atoms with Gasteiger partial charge in [-0.3, -0.25) is 14.6 Å². The molecular weight excluding hydrogens is 454 g/mol. The molecule has 1 fully saturated rings. The van der Waals surface area contributed by atoms with E-state index in [-0.39, 0.29) is 29.0 Å². The van der Waals surface area contributed by atoms with Crippen LogP contribution in [-0.2, 0) is 20.9 Å². The number of carbonyl (C=O) groups excluding carboxylic acids is 2. The largest absolute Gasteiger partial charge is 0.464 e. The van der Waals surface area contributed by atoms with Crippen LogP contribution in [0.25, 0.3) is 11.0 Å². The van der Waals surface area contributed by atoms with Crippen molar-refractivity contribution in [3.05, 3.63) is 92.4 Å². The molecule has 0 N–H and O–H groups in total. The van der Waals surface area contributed by atoms with Crippen molar-refractivity contribution >= 4 is 40.0 Å². The first-order valence-electron chi connectivity index (χ1n) is 11.2. The minimum absolute atomic E-state index is 0.0403. The van der Waals surface area contributed by atoms with Crippen molar-refractivity contribution in [2.45, 2.75) is 38.7 Å². The molecule has 1 aromatic heterocycles. The molecule has 0 saturated heterocycles. The molecule has 2 atom stereocenters. The van der Waals surface area contributed by atoms with Gasteiger partial charge in [-0.25, -0.2) is 4.79 Å². The summed E-state index contributed by atoms with van der Waals surface area (Å²) < 4.78 is 11.4. The van der Waals surface area contributed by atoms with Crippen LogP contribution >= 0.6 is 11.6 Å². The van der Waals surface area contributed by atoms with Crippen LogP contribution < -0.4 is 5.43 Å². The van der Waals surface area contributed by atoms with Gasteiger partial charge in [0.25, 0.3) is 0 Å². The topological polar surface area (TPSA) is 85.9 Å². The average molecular weight is 476 g/mol. The Bertz CT molecular complexity index is 1420. The molecule has 0 amide bonds. The summed E-state index contributed by atoms with van der Waals surface area (Å²) in [7, 11) is 0. The number of ether oxygens (including phenoxy) is 1. The Morgan fingerprint density at radius 3 is 2.71 bits per heavy atom. The number of ketones is 1. The smallest absolute Gasteiger partial charge is 0.336 e. The summed E-state index contributed by atoms with van der Waals surface area (Å²) in [6.45, 7) is 1.79. The number of rotatable bonds is 4. The number of hydrogen-bond acceptors (Lipinski definition) is 6. The SMILES string of the molecule is CC1=C(C(=O)OCc2ccccc2)C(c2coc3ccc(Cl)cc3c2=O)C2C(=O)CCCC2=N1. The molecule has 1 saturated carbocycles. The van der Waals surface area contributed by atoms with Crippen molar-refractivity contribution in [3.63, 3.8) is 0 Å². The maximum Gasteiger partial charge on any atom is 0.336 e. The van der Waals surface area contributed by atoms with E-state index in [1.807, 2.05) is 30.3 Å². The molecule has 5 rings (SSSR count). The Morgan fingerprint density at radius 2 is 1.91 bits per heavy atom. The van der Waals surface area contributed by atoms with Crippen LogP contribution in [0.2, 0.25) is 5.02 Å². The molecule has 2 unspecified atom stereocenters. The van der Waals surface area contributed by atoms with E-state index in [0.717, 1.165) is 5.56 Å². The number of nitrogens with zero attached hydrogens (tertiary/aromatic N) is 1. The Hall–Kier alpha value is -3.51. The van der Waals surface area contributed by atoms with E-state index >= 15 is 0 Å². The number of carbonyl (C=O) groups is 2. The Kier molecular flexibility index (Phi) is 5.92. The van der Waals surface area contributed by atoms with Gasteiger partial charge in [-0.15, -0.1) is 0 Å². The monoisotopic (exact) mass is 475 g/mol. The van der Waals surface area contributed by atoms with E-state index in [1.165, 1.54) is 12.3 Å². The number of fused-ring (bicyclic) bond motifs is 2. The molecule has 0 spiro atoms. The van der Waals surface area contributed by atoms with Crippen molar-refractivity contribution in [2.24, 2.45) is 10.9 Å². The third-order valence-electron chi connectivity index (χ3n) is 6.44. The molecule has 1 aliphatic heterocycles. The van der Waals surface area contributed by atoms with Gasteiger partial charge < -0.3 is 9.15 Å². The highest BCUT2D eigenvalue weighted by Crippen LogP contribution is 2.42. The maximum absolute atomic E-state index is 13.6. The molecule has 3 aromatic rings. The highest BCUT2D eigenvalue weighted by molar-refractivity contribution is 6.31. The highest BCUT2D eigenvalue weighted by Gasteiger charge is 2.45. The summed E-state index contributed by atoms with van der Waals surface area (Å²) in [6, 6.07) is 14.1. The first kappa shape index (κ1) is 22.3. The van der Waals surface area contributed by atoms with Gasteiger partial charge in [-0.05, 0) is 43.5 Å². The molecule has 34 heavy (non-hydrogen) atoms. The first-order chi connectivity index (χ1) is 16.4. The molecule has 7 heteroatoms. The van der Waals surface area contributed by atoms with E-state index in [9.17, 15) is 14.4 Å². The minimum atomic E-state index is -0.830. The molecule has 6 nitrogen and oxygen atoms in total. The fraction of sp³-hybridized carbons (Fsp3) is 0.259. The fourth-order valence-electron chi connectivity index (χ4n) is 4.86. The summed E-state index contributed by atoms with van der Waals surface area (Å²) in [5, 5.41) is 0.692. The van der Waals surface area contributed by atoms with E-state index in [1.54, 1.807) is 19.1 Å². The van der Waals surface area contributed by atoms with Gasteiger partial charge in [-0.1, -0.05) is 41.9 Å². The third-order valence-corrected chi connectivity index (χ3v) is 6.67. The van der Waals surface area contributed by atoms with Gasteiger partial charge in [0.1, 0.15) is 18.0 Å². The molecule has 2 aromatic carbocycles. The van der Waals surface area contributed by atoms with E-state index in [0.29, 0.717) is 46.7 Å². The number of Topliss-reactive ketones (excluding diaryl/α,β-unsaturated/α-hetero) is 1. The lowest BCUT2D eigenvalue weighted by Gasteiger charge is -2.35. The molecule has 0 radical (unpaired) electrons. The maximum atomic E-state index is 13.6.